The molecule has 2 aromatic rings. The molecule has 0 aliphatic heterocycles. The average Bonchev–Trinajstić information content (AvgIpc) is 2.81. The predicted octanol–water partition coefficient (Wildman–Crippen LogP) is 2.95. The topological polar surface area (TPSA) is 38.9 Å². The van der Waals surface area contributed by atoms with Crippen LogP contribution < -0.4 is 5.73 Å². The lowest BCUT2D eigenvalue weighted by Gasteiger charge is -2.13. The minimum Gasteiger partial charge on any atom is -0.322 e. The molecule has 0 saturated carbocycles. The van der Waals surface area contributed by atoms with Crippen LogP contribution in [0, 0.1) is 0 Å². The summed E-state index contributed by atoms with van der Waals surface area (Å²) in [6.45, 7) is 2.14. The van der Waals surface area contributed by atoms with Gasteiger partial charge in [0.2, 0.25) is 0 Å². The molecule has 2 rings (SSSR count). The molecule has 3 heteroatoms. The van der Waals surface area contributed by atoms with Gasteiger partial charge in [0, 0.05) is 6.20 Å². The van der Waals surface area contributed by atoms with Gasteiger partial charge in [0.05, 0.1) is 11.7 Å². The zero-order chi connectivity index (χ0) is 11.4. The fourth-order valence-electron chi connectivity index (χ4n) is 1.84. The van der Waals surface area contributed by atoms with Gasteiger partial charge in [0.1, 0.15) is 0 Å². The highest BCUT2D eigenvalue weighted by molar-refractivity contribution is 7.07. The summed E-state index contributed by atoms with van der Waals surface area (Å²) in [6.07, 6.45) is 3.68. The number of aromatic nitrogens is 1. The Labute approximate surface area is 100 Å². The summed E-state index contributed by atoms with van der Waals surface area (Å²) in [5, 5.41) is 4.23. The van der Waals surface area contributed by atoms with E-state index in [9.17, 15) is 0 Å². The number of nitrogens with zero attached hydrogens (tertiary/aromatic N) is 1. The SMILES string of the molecule is CCc1cccnc1C(N)Cc1ccsc1. The van der Waals surface area contributed by atoms with Gasteiger partial charge in [-0.25, -0.2) is 0 Å². The van der Waals surface area contributed by atoms with Crippen LogP contribution >= 0.6 is 11.3 Å². The highest BCUT2D eigenvalue weighted by Gasteiger charge is 2.12. The fraction of sp³-hybridized carbons (Fsp3) is 0.308. The number of thiophene rings is 1. The summed E-state index contributed by atoms with van der Waals surface area (Å²) in [6, 6.07) is 6.21. The van der Waals surface area contributed by atoms with Crippen molar-refractivity contribution in [2.24, 2.45) is 5.73 Å². The van der Waals surface area contributed by atoms with Gasteiger partial charge in [-0.15, -0.1) is 0 Å². The summed E-state index contributed by atoms with van der Waals surface area (Å²) in [4.78, 5) is 4.41. The lowest BCUT2D eigenvalue weighted by molar-refractivity contribution is 0.686. The zero-order valence-electron chi connectivity index (χ0n) is 9.39. The highest BCUT2D eigenvalue weighted by atomic mass is 32.1. The average molecular weight is 232 g/mol. The zero-order valence-corrected chi connectivity index (χ0v) is 10.2. The van der Waals surface area contributed by atoms with Crippen LogP contribution in [0.25, 0.3) is 0 Å². The van der Waals surface area contributed by atoms with Crippen molar-refractivity contribution in [3.8, 4) is 0 Å². The highest BCUT2D eigenvalue weighted by Crippen LogP contribution is 2.19. The van der Waals surface area contributed by atoms with Crippen molar-refractivity contribution in [1.82, 2.24) is 4.98 Å². The Morgan fingerprint density at radius 1 is 1.44 bits per heavy atom. The van der Waals surface area contributed by atoms with Crippen LogP contribution in [0.3, 0.4) is 0 Å². The lowest BCUT2D eigenvalue weighted by Crippen LogP contribution is -2.16. The number of rotatable bonds is 4. The van der Waals surface area contributed by atoms with Gasteiger partial charge in [-0.2, -0.15) is 11.3 Å². The van der Waals surface area contributed by atoms with E-state index in [4.69, 9.17) is 5.73 Å². The van der Waals surface area contributed by atoms with Crippen molar-refractivity contribution in [2.75, 3.05) is 0 Å². The quantitative estimate of drug-likeness (QED) is 0.880. The third-order valence-corrected chi connectivity index (χ3v) is 3.43. The first-order chi connectivity index (χ1) is 7.81. The first-order valence-electron chi connectivity index (χ1n) is 5.51. The minimum atomic E-state index is 0.00532. The van der Waals surface area contributed by atoms with E-state index in [0.717, 1.165) is 18.5 Å². The Morgan fingerprint density at radius 3 is 3.00 bits per heavy atom. The van der Waals surface area contributed by atoms with E-state index in [1.54, 1.807) is 11.3 Å². The maximum atomic E-state index is 6.20. The molecular formula is C13H16N2S. The first kappa shape index (κ1) is 11.3. The van der Waals surface area contributed by atoms with Gasteiger partial charge in [-0.1, -0.05) is 13.0 Å². The number of nitrogens with two attached hydrogens (primary N) is 1. The first-order valence-corrected chi connectivity index (χ1v) is 6.46. The minimum absolute atomic E-state index is 0.00532. The Hall–Kier alpha value is -1.19. The molecule has 0 fully saturated rings. The van der Waals surface area contributed by atoms with Gasteiger partial charge in [-0.3, -0.25) is 4.98 Å². The van der Waals surface area contributed by atoms with Gasteiger partial charge in [0.15, 0.2) is 0 Å². The third-order valence-electron chi connectivity index (χ3n) is 2.69. The normalized spacial score (nSPS) is 12.6. The van der Waals surface area contributed by atoms with Crippen LogP contribution in [-0.4, -0.2) is 4.98 Å². The lowest BCUT2D eigenvalue weighted by atomic mass is 10.0. The number of hydrogen-bond donors (Lipinski definition) is 1. The summed E-state index contributed by atoms with van der Waals surface area (Å²) in [5.74, 6) is 0. The number of pyridine rings is 1. The molecule has 1 unspecified atom stereocenters. The number of hydrogen-bond acceptors (Lipinski definition) is 3. The van der Waals surface area contributed by atoms with E-state index in [0.29, 0.717) is 0 Å². The van der Waals surface area contributed by atoms with Crippen molar-refractivity contribution in [2.45, 2.75) is 25.8 Å². The molecule has 1 atom stereocenters. The van der Waals surface area contributed by atoms with Gasteiger partial charge >= 0.3 is 0 Å². The van der Waals surface area contributed by atoms with Crippen LogP contribution in [0.2, 0.25) is 0 Å². The van der Waals surface area contributed by atoms with Crippen LogP contribution in [0.1, 0.15) is 29.8 Å². The van der Waals surface area contributed by atoms with E-state index >= 15 is 0 Å². The second-order valence-corrected chi connectivity index (χ2v) is 4.62. The molecule has 0 saturated heterocycles. The summed E-state index contributed by atoms with van der Waals surface area (Å²) >= 11 is 1.71. The molecule has 0 aliphatic rings. The van der Waals surface area contributed by atoms with Gasteiger partial charge in [-0.05, 0) is 46.9 Å². The second-order valence-electron chi connectivity index (χ2n) is 3.84. The smallest absolute Gasteiger partial charge is 0.0606 e. The van der Waals surface area contributed by atoms with E-state index < -0.39 is 0 Å². The monoisotopic (exact) mass is 232 g/mol. The predicted molar refractivity (Wildman–Crippen MR) is 68.6 cm³/mol. The van der Waals surface area contributed by atoms with Crippen molar-refractivity contribution in [3.63, 3.8) is 0 Å². The standard InChI is InChI=1S/C13H16N2S/c1-2-11-4-3-6-15-13(11)12(14)8-10-5-7-16-9-10/h3-7,9,12H,2,8,14H2,1H3. The van der Waals surface area contributed by atoms with Gasteiger partial charge in [0.25, 0.3) is 0 Å². The van der Waals surface area contributed by atoms with E-state index in [1.165, 1.54) is 11.1 Å². The van der Waals surface area contributed by atoms with E-state index in [-0.39, 0.29) is 6.04 Å². The number of aryl methyl sites for hydroxylation is 1. The maximum absolute atomic E-state index is 6.20. The summed E-state index contributed by atoms with van der Waals surface area (Å²) in [7, 11) is 0. The molecule has 2 heterocycles. The van der Waals surface area contributed by atoms with Crippen molar-refractivity contribution in [1.29, 1.82) is 0 Å². The molecular weight excluding hydrogens is 216 g/mol. The molecule has 0 bridgehead atoms. The van der Waals surface area contributed by atoms with Crippen LogP contribution in [0.4, 0.5) is 0 Å². The Kier molecular flexibility index (Phi) is 3.70. The molecule has 0 aromatic carbocycles. The maximum Gasteiger partial charge on any atom is 0.0606 e. The summed E-state index contributed by atoms with van der Waals surface area (Å²) < 4.78 is 0. The van der Waals surface area contributed by atoms with Gasteiger partial charge < -0.3 is 5.73 Å². The van der Waals surface area contributed by atoms with Crippen LogP contribution in [0.15, 0.2) is 35.2 Å². The molecule has 84 valence electrons. The van der Waals surface area contributed by atoms with Crippen LogP contribution in [-0.2, 0) is 12.8 Å². The molecule has 2 nitrogen and oxygen atoms in total. The third kappa shape index (κ3) is 2.49. The molecule has 2 N–H and O–H groups in total. The van der Waals surface area contributed by atoms with E-state index in [2.05, 4.69) is 34.8 Å². The molecule has 0 aliphatic carbocycles. The van der Waals surface area contributed by atoms with Crippen LogP contribution in [0.5, 0.6) is 0 Å². The Balaban J connectivity index is 2.17. The largest absolute Gasteiger partial charge is 0.322 e. The summed E-state index contributed by atoms with van der Waals surface area (Å²) in [5.41, 5.74) is 9.79. The Morgan fingerprint density at radius 2 is 2.31 bits per heavy atom. The molecule has 0 radical (unpaired) electrons. The molecule has 0 spiro atoms. The second kappa shape index (κ2) is 5.23. The molecule has 16 heavy (non-hydrogen) atoms. The molecule has 2 aromatic heterocycles. The van der Waals surface area contributed by atoms with Crippen molar-refractivity contribution >= 4 is 11.3 Å². The van der Waals surface area contributed by atoms with Crippen molar-refractivity contribution in [3.05, 3.63) is 52.0 Å². The van der Waals surface area contributed by atoms with E-state index in [1.807, 2.05) is 12.3 Å². The van der Waals surface area contributed by atoms with Crippen molar-refractivity contribution < 1.29 is 0 Å². The molecule has 0 amide bonds. The fourth-order valence-corrected chi connectivity index (χ4v) is 2.52. The Bertz CT molecular complexity index is 437.